The van der Waals surface area contributed by atoms with Crippen molar-refractivity contribution < 1.29 is 9.47 Å². The maximum atomic E-state index is 5.70. The molecule has 0 spiro atoms. The molecule has 0 unspecified atom stereocenters. The third-order valence-electron chi connectivity index (χ3n) is 7.11. The molecule has 4 heterocycles. The molecule has 2 aromatic rings. The lowest BCUT2D eigenvalue weighted by molar-refractivity contribution is 0.171. The van der Waals surface area contributed by atoms with Crippen LogP contribution in [0.2, 0.25) is 0 Å². The number of piperidine rings is 1. The van der Waals surface area contributed by atoms with E-state index in [0.717, 1.165) is 54.9 Å². The quantitative estimate of drug-likeness (QED) is 0.562. The summed E-state index contributed by atoms with van der Waals surface area (Å²) in [6.07, 6.45) is 6.24. The van der Waals surface area contributed by atoms with E-state index in [1.54, 1.807) is 0 Å². The Bertz CT molecular complexity index is 1050. The Morgan fingerprint density at radius 1 is 0.917 bits per heavy atom. The fourth-order valence-electron chi connectivity index (χ4n) is 5.48. The maximum absolute atomic E-state index is 5.70. The number of fused-ring (bicyclic) bond motifs is 1. The van der Waals surface area contributed by atoms with Crippen molar-refractivity contribution in [1.29, 1.82) is 0 Å². The molecule has 0 bridgehead atoms. The first-order chi connectivity index (χ1) is 17.5. The summed E-state index contributed by atoms with van der Waals surface area (Å²) in [5.74, 6) is 5.40. The normalized spacial score (nSPS) is 22.1. The largest absolute Gasteiger partial charge is 0.486 e. The second-order valence-corrected chi connectivity index (χ2v) is 10.9. The minimum Gasteiger partial charge on any atom is -0.486 e. The molecule has 0 radical (unpaired) electrons. The van der Waals surface area contributed by atoms with E-state index < -0.39 is 0 Å². The molecule has 2 fully saturated rings. The lowest BCUT2D eigenvalue weighted by atomic mass is 9.92. The van der Waals surface area contributed by atoms with E-state index in [4.69, 9.17) is 31.7 Å². The summed E-state index contributed by atoms with van der Waals surface area (Å²) in [4.78, 5) is 14.6. The Balaban J connectivity index is 1.30. The van der Waals surface area contributed by atoms with E-state index in [2.05, 4.69) is 40.3 Å². The summed E-state index contributed by atoms with van der Waals surface area (Å²) in [7, 11) is 0. The predicted octanol–water partition coefficient (Wildman–Crippen LogP) is 4.60. The molecule has 0 saturated carbocycles. The van der Waals surface area contributed by atoms with Crippen molar-refractivity contribution in [2.45, 2.75) is 52.5 Å². The maximum Gasteiger partial charge on any atom is 0.232 e. The Kier molecular flexibility index (Phi) is 7.94. The summed E-state index contributed by atoms with van der Waals surface area (Å²) < 4.78 is 11.3. The van der Waals surface area contributed by atoms with Crippen LogP contribution in [-0.4, -0.2) is 54.5 Å². The van der Waals surface area contributed by atoms with E-state index in [-0.39, 0.29) is 0 Å². The zero-order valence-corrected chi connectivity index (χ0v) is 22.3. The lowest BCUT2D eigenvalue weighted by Crippen LogP contribution is -2.39. The van der Waals surface area contributed by atoms with Crippen LogP contribution in [0.4, 0.5) is 17.6 Å². The highest BCUT2D eigenvalue weighted by molar-refractivity contribution is 7.80. The highest BCUT2D eigenvalue weighted by Gasteiger charge is 2.25. The first-order valence-corrected chi connectivity index (χ1v) is 13.8. The van der Waals surface area contributed by atoms with E-state index in [9.17, 15) is 0 Å². The fraction of sp³-hybridized carbons (Fsp3) is 0.593. The van der Waals surface area contributed by atoms with Gasteiger partial charge in [-0.3, -0.25) is 0 Å². The Labute approximate surface area is 219 Å². The fourth-order valence-corrected chi connectivity index (χ4v) is 5.64. The zero-order chi connectivity index (χ0) is 24.9. The topological polar surface area (TPSA) is 74.8 Å². The number of hydrogen-bond acceptors (Lipinski definition) is 7. The molecule has 1 aromatic heterocycles. The van der Waals surface area contributed by atoms with Crippen molar-refractivity contribution in [2.24, 2.45) is 11.8 Å². The second kappa shape index (κ2) is 11.5. The lowest BCUT2D eigenvalue weighted by Gasteiger charge is -2.36. The monoisotopic (exact) mass is 510 g/mol. The number of rotatable bonds is 5. The first kappa shape index (κ1) is 24.9. The van der Waals surface area contributed by atoms with Crippen LogP contribution in [0.25, 0.3) is 0 Å². The van der Waals surface area contributed by atoms with Crippen LogP contribution >= 0.6 is 12.2 Å². The molecule has 194 valence electrons. The number of nitrogens with zero attached hydrogens (tertiary/aromatic N) is 4. The Morgan fingerprint density at radius 2 is 1.58 bits per heavy atom. The SMILES string of the molecule is C[C@@H]1C[C@H](C)CN(c2cc(N3CCCCCC3)nc(NC(=S)NCc3ccc4c(c3)OCCO4)n2)C1. The van der Waals surface area contributed by atoms with Gasteiger partial charge in [-0.25, -0.2) is 0 Å². The standard InChI is InChI=1S/C27H38N6O2S/c1-19-13-20(2)18-33(17-19)25-15-24(32-9-5-3-4-6-10-32)29-26(30-25)31-27(36)28-16-21-7-8-22-23(14-21)35-12-11-34-22/h7-8,14-15,19-20H,3-6,9-13,16-18H2,1-2H3,(H2,28,29,30,31,36)/t19-,20+. The Morgan fingerprint density at radius 3 is 2.31 bits per heavy atom. The van der Waals surface area contributed by atoms with Crippen molar-refractivity contribution in [2.75, 3.05) is 54.5 Å². The van der Waals surface area contributed by atoms with Crippen molar-refractivity contribution in [1.82, 2.24) is 15.3 Å². The molecule has 2 N–H and O–H groups in total. The van der Waals surface area contributed by atoms with Crippen LogP contribution in [0.1, 0.15) is 51.5 Å². The van der Waals surface area contributed by atoms with Gasteiger partial charge >= 0.3 is 0 Å². The molecule has 1 aromatic carbocycles. The van der Waals surface area contributed by atoms with Gasteiger partial charge in [0.05, 0.1) is 0 Å². The van der Waals surface area contributed by atoms with Gasteiger partial charge < -0.3 is 29.9 Å². The number of ether oxygens (including phenoxy) is 2. The van der Waals surface area contributed by atoms with E-state index in [0.29, 0.717) is 42.7 Å². The van der Waals surface area contributed by atoms with Crippen molar-refractivity contribution in [3.8, 4) is 11.5 Å². The molecular weight excluding hydrogens is 472 g/mol. The number of nitrogens with one attached hydrogen (secondary N) is 2. The third kappa shape index (κ3) is 6.30. The highest BCUT2D eigenvalue weighted by Crippen LogP contribution is 2.31. The molecular formula is C27H38N6O2S. The highest BCUT2D eigenvalue weighted by atomic mass is 32.1. The summed E-state index contributed by atoms with van der Waals surface area (Å²) in [6, 6.07) is 8.14. The molecule has 0 amide bonds. The summed E-state index contributed by atoms with van der Waals surface area (Å²) in [6.45, 7) is 10.5. The van der Waals surface area contributed by atoms with Crippen LogP contribution in [0.3, 0.4) is 0 Å². The molecule has 3 aliphatic heterocycles. The third-order valence-corrected chi connectivity index (χ3v) is 7.35. The smallest absolute Gasteiger partial charge is 0.232 e. The average Bonchev–Trinajstić information content (AvgIpc) is 3.16. The number of aromatic nitrogens is 2. The van der Waals surface area contributed by atoms with Crippen molar-refractivity contribution >= 4 is 34.9 Å². The number of hydrogen-bond donors (Lipinski definition) is 2. The van der Waals surface area contributed by atoms with Gasteiger partial charge in [-0.1, -0.05) is 32.8 Å². The molecule has 9 heteroatoms. The van der Waals surface area contributed by atoms with Crippen molar-refractivity contribution in [3.63, 3.8) is 0 Å². The van der Waals surface area contributed by atoms with Crippen molar-refractivity contribution in [3.05, 3.63) is 29.8 Å². The molecule has 2 saturated heterocycles. The predicted molar refractivity (Wildman–Crippen MR) is 148 cm³/mol. The summed E-state index contributed by atoms with van der Waals surface area (Å²) >= 11 is 5.63. The zero-order valence-electron chi connectivity index (χ0n) is 21.5. The molecule has 2 atom stereocenters. The van der Waals surface area contributed by atoms with E-state index in [1.807, 2.05) is 18.2 Å². The van der Waals surface area contributed by atoms with Crippen LogP contribution in [0.15, 0.2) is 24.3 Å². The number of benzene rings is 1. The second-order valence-electron chi connectivity index (χ2n) is 10.4. The van der Waals surface area contributed by atoms with Crippen LogP contribution in [-0.2, 0) is 6.54 Å². The molecule has 8 nitrogen and oxygen atoms in total. The molecule has 36 heavy (non-hydrogen) atoms. The minimum absolute atomic E-state index is 0.504. The van der Waals surface area contributed by atoms with Gasteiger partial charge in [0.15, 0.2) is 16.6 Å². The van der Waals surface area contributed by atoms with Gasteiger partial charge in [0.25, 0.3) is 0 Å². The molecule has 0 aliphatic carbocycles. The van der Waals surface area contributed by atoms with Gasteiger partial charge in [-0.05, 0) is 61.0 Å². The minimum atomic E-state index is 0.504. The number of thiocarbonyl (C=S) groups is 1. The van der Waals surface area contributed by atoms with Crippen LogP contribution < -0.4 is 29.9 Å². The van der Waals surface area contributed by atoms with Gasteiger partial charge in [-0.15, -0.1) is 0 Å². The summed E-state index contributed by atoms with van der Waals surface area (Å²) in [5.41, 5.74) is 1.07. The summed E-state index contributed by atoms with van der Waals surface area (Å²) in [5, 5.41) is 7.06. The van der Waals surface area contributed by atoms with Gasteiger partial charge in [0.1, 0.15) is 24.8 Å². The first-order valence-electron chi connectivity index (χ1n) is 13.4. The molecule has 5 rings (SSSR count). The van der Waals surface area contributed by atoms with Crippen LogP contribution in [0.5, 0.6) is 11.5 Å². The van der Waals surface area contributed by atoms with E-state index >= 15 is 0 Å². The average molecular weight is 511 g/mol. The van der Waals surface area contributed by atoms with Gasteiger partial charge in [0.2, 0.25) is 5.95 Å². The number of anilines is 3. The van der Waals surface area contributed by atoms with Gasteiger partial charge in [-0.2, -0.15) is 9.97 Å². The van der Waals surface area contributed by atoms with Crippen LogP contribution in [0, 0.1) is 11.8 Å². The Hall–Kier alpha value is -2.81. The van der Waals surface area contributed by atoms with E-state index in [1.165, 1.54) is 32.1 Å². The molecule has 3 aliphatic rings. The van der Waals surface area contributed by atoms with Gasteiger partial charge in [0, 0.05) is 38.8 Å².